The molecule has 2 heterocycles. The second kappa shape index (κ2) is 9.98. The molecule has 4 heteroatoms. The fraction of sp³-hybridized carbons (Fsp3) is 0.375. The Balaban J connectivity index is 1.32. The summed E-state index contributed by atoms with van der Waals surface area (Å²) in [6, 6.07) is 12.2. The molecule has 1 aliphatic rings. The van der Waals surface area contributed by atoms with Crippen LogP contribution in [-0.2, 0) is 16.0 Å². The Labute approximate surface area is 167 Å². The Morgan fingerprint density at radius 3 is 2.64 bits per heavy atom. The predicted molar refractivity (Wildman–Crippen MR) is 113 cm³/mol. The molecular weight excluding hydrogens is 348 g/mol. The highest BCUT2D eigenvalue weighted by atomic mass is 16.2. The topological polar surface area (TPSA) is 50.3 Å². The summed E-state index contributed by atoms with van der Waals surface area (Å²) in [5.74, 6) is 0.357. The number of hydrogen-bond donors (Lipinski definition) is 0. The van der Waals surface area contributed by atoms with Gasteiger partial charge in [-0.1, -0.05) is 37.1 Å². The number of hydrogen-bond acceptors (Lipinski definition) is 3. The summed E-state index contributed by atoms with van der Waals surface area (Å²) in [4.78, 5) is 30.5. The molecule has 1 atom stereocenters. The van der Waals surface area contributed by atoms with Crippen LogP contribution in [0.1, 0.15) is 56.6 Å². The SMILES string of the molecule is CC1Cc2ccccc2N1C(=O)CCCCCCC(=O)/C=C/c1cccnc1. The zero-order chi connectivity index (χ0) is 19.8. The lowest BCUT2D eigenvalue weighted by Crippen LogP contribution is -2.35. The van der Waals surface area contributed by atoms with E-state index in [2.05, 4.69) is 18.0 Å². The number of amides is 1. The molecule has 0 fully saturated rings. The second-order valence-corrected chi connectivity index (χ2v) is 7.45. The van der Waals surface area contributed by atoms with Gasteiger partial charge in [-0.2, -0.15) is 0 Å². The zero-order valence-electron chi connectivity index (χ0n) is 16.5. The third kappa shape index (κ3) is 5.38. The fourth-order valence-corrected chi connectivity index (χ4v) is 3.74. The maximum Gasteiger partial charge on any atom is 0.227 e. The van der Waals surface area contributed by atoms with E-state index in [1.165, 1.54) is 5.56 Å². The van der Waals surface area contributed by atoms with Crippen LogP contribution in [0.15, 0.2) is 54.9 Å². The molecule has 0 spiro atoms. The molecule has 0 aliphatic carbocycles. The maximum absolute atomic E-state index is 12.6. The van der Waals surface area contributed by atoms with Crippen LogP contribution in [0.3, 0.4) is 0 Å². The summed E-state index contributed by atoms with van der Waals surface area (Å²) < 4.78 is 0. The summed E-state index contributed by atoms with van der Waals surface area (Å²) in [5.41, 5.74) is 3.28. The van der Waals surface area contributed by atoms with Crippen LogP contribution >= 0.6 is 0 Å². The van der Waals surface area contributed by atoms with E-state index >= 15 is 0 Å². The molecule has 1 aromatic carbocycles. The Bertz CT molecular complexity index is 830. The van der Waals surface area contributed by atoms with Gasteiger partial charge in [0.05, 0.1) is 0 Å². The number of unbranched alkanes of at least 4 members (excludes halogenated alkanes) is 3. The van der Waals surface area contributed by atoms with Gasteiger partial charge in [0.1, 0.15) is 0 Å². The summed E-state index contributed by atoms with van der Waals surface area (Å²) in [5, 5.41) is 0. The number of anilines is 1. The highest BCUT2D eigenvalue weighted by Gasteiger charge is 2.29. The van der Waals surface area contributed by atoms with Gasteiger partial charge >= 0.3 is 0 Å². The van der Waals surface area contributed by atoms with E-state index in [1.807, 2.05) is 41.3 Å². The van der Waals surface area contributed by atoms with Gasteiger partial charge in [-0.25, -0.2) is 0 Å². The van der Waals surface area contributed by atoms with E-state index in [-0.39, 0.29) is 17.7 Å². The minimum absolute atomic E-state index is 0.141. The smallest absolute Gasteiger partial charge is 0.227 e. The number of rotatable bonds is 9. The predicted octanol–water partition coefficient (Wildman–Crippen LogP) is 4.98. The van der Waals surface area contributed by atoms with E-state index < -0.39 is 0 Å². The normalized spacial score (nSPS) is 15.8. The van der Waals surface area contributed by atoms with Crippen molar-refractivity contribution in [2.24, 2.45) is 0 Å². The number of carbonyl (C=O) groups excluding carboxylic acids is 2. The number of allylic oxidation sites excluding steroid dienone is 1. The van der Waals surface area contributed by atoms with Gasteiger partial charge in [0.2, 0.25) is 5.91 Å². The molecule has 4 nitrogen and oxygen atoms in total. The van der Waals surface area contributed by atoms with Crippen LogP contribution in [0.4, 0.5) is 5.69 Å². The fourth-order valence-electron chi connectivity index (χ4n) is 3.74. The number of aromatic nitrogens is 1. The van der Waals surface area contributed by atoms with Crippen molar-refractivity contribution in [3.8, 4) is 0 Å². The van der Waals surface area contributed by atoms with Crippen LogP contribution in [0, 0.1) is 0 Å². The van der Waals surface area contributed by atoms with Crippen LogP contribution in [0.2, 0.25) is 0 Å². The first-order valence-corrected chi connectivity index (χ1v) is 10.2. The summed E-state index contributed by atoms with van der Waals surface area (Å²) in [6.07, 6.45) is 12.7. The average molecular weight is 376 g/mol. The molecule has 2 aromatic rings. The number of carbonyl (C=O) groups is 2. The van der Waals surface area contributed by atoms with Crippen molar-refractivity contribution in [2.75, 3.05) is 4.90 Å². The van der Waals surface area contributed by atoms with E-state index in [4.69, 9.17) is 0 Å². The minimum atomic E-state index is 0.141. The van der Waals surface area contributed by atoms with Crippen molar-refractivity contribution in [3.63, 3.8) is 0 Å². The van der Waals surface area contributed by atoms with Gasteiger partial charge in [0.25, 0.3) is 0 Å². The standard InChI is InChI=1S/C24H28N2O2/c1-19-17-21-10-6-7-12-23(21)26(19)24(28)13-5-3-2-4-11-22(27)15-14-20-9-8-16-25-18-20/h6-10,12,14-16,18-19H,2-5,11,13,17H2,1H3/b15-14+. The lowest BCUT2D eigenvalue weighted by molar-refractivity contribution is -0.119. The van der Waals surface area contributed by atoms with Gasteiger partial charge in [0, 0.05) is 37.0 Å². The first kappa shape index (κ1) is 20.0. The van der Waals surface area contributed by atoms with Gasteiger partial charge in [-0.3, -0.25) is 14.6 Å². The molecule has 1 aliphatic heterocycles. The lowest BCUT2D eigenvalue weighted by Gasteiger charge is -2.22. The van der Waals surface area contributed by atoms with E-state index in [0.29, 0.717) is 12.8 Å². The van der Waals surface area contributed by atoms with E-state index in [1.54, 1.807) is 18.5 Å². The molecule has 146 valence electrons. The maximum atomic E-state index is 12.6. The van der Waals surface area contributed by atoms with Gasteiger partial charge in [0.15, 0.2) is 5.78 Å². The monoisotopic (exact) mass is 376 g/mol. The summed E-state index contributed by atoms with van der Waals surface area (Å²) >= 11 is 0. The Kier molecular flexibility index (Phi) is 7.12. The quantitative estimate of drug-likeness (QED) is 0.458. The molecular formula is C24H28N2O2. The molecule has 1 unspecified atom stereocenters. The van der Waals surface area contributed by atoms with Crippen molar-refractivity contribution < 1.29 is 9.59 Å². The third-order valence-electron chi connectivity index (χ3n) is 5.19. The molecule has 0 saturated heterocycles. The first-order chi connectivity index (χ1) is 13.6. The Hall–Kier alpha value is -2.75. The van der Waals surface area contributed by atoms with Crippen molar-refractivity contribution in [1.29, 1.82) is 0 Å². The number of fused-ring (bicyclic) bond motifs is 1. The van der Waals surface area contributed by atoms with Crippen molar-refractivity contribution >= 4 is 23.5 Å². The van der Waals surface area contributed by atoms with Gasteiger partial charge in [-0.05, 0) is 61.6 Å². The second-order valence-electron chi connectivity index (χ2n) is 7.45. The number of ketones is 1. The average Bonchev–Trinajstić information content (AvgIpc) is 3.05. The van der Waals surface area contributed by atoms with Crippen molar-refractivity contribution in [2.45, 2.75) is 57.9 Å². The van der Waals surface area contributed by atoms with Gasteiger partial charge < -0.3 is 4.90 Å². The molecule has 0 N–H and O–H groups in total. The largest absolute Gasteiger partial charge is 0.309 e. The van der Waals surface area contributed by atoms with Crippen LogP contribution in [-0.4, -0.2) is 22.7 Å². The summed E-state index contributed by atoms with van der Waals surface area (Å²) in [7, 11) is 0. The lowest BCUT2D eigenvalue weighted by atomic mass is 10.1. The molecule has 1 aromatic heterocycles. The van der Waals surface area contributed by atoms with Gasteiger partial charge in [-0.15, -0.1) is 0 Å². The number of pyridine rings is 1. The number of benzene rings is 1. The van der Waals surface area contributed by atoms with Crippen molar-refractivity contribution in [3.05, 3.63) is 66.0 Å². The highest BCUT2D eigenvalue weighted by molar-refractivity contribution is 5.96. The van der Waals surface area contributed by atoms with Crippen LogP contribution in [0.25, 0.3) is 6.08 Å². The van der Waals surface area contributed by atoms with Crippen molar-refractivity contribution in [1.82, 2.24) is 4.98 Å². The molecule has 0 radical (unpaired) electrons. The first-order valence-electron chi connectivity index (χ1n) is 10.2. The number of nitrogens with zero attached hydrogens (tertiary/aromatic N) is 2. The highest BCUT2D eigenvalue weighted by Crippen LogP contribution is 2.32. The summed E-state index contributed by atoms with van der Waals surface area (Å²) in [6.45, 7) is 2.11. The molecule has 1 amide bonds. The third-order valence-corrected chi connectivity index (χ3v) is 5.19. The number of para-hydroxylation sites is 1. The van der Waals surface area contributed by atoms with Crippen LogP contribution < -0.4 is 4.90 Å². The minimum Gasteiger partial charge on any atom is -0.309 e. The molecule has 3 rings (SSSR count). The molecule has 28 heavy (non-hydrogen) atoms. The van der Waals surface area contributed by atoms with Crippen LogP contribution in [0.5, 0.6) is 0 Å². The molecule has 0 bridgehead atoms. The Morgan fingerprint density at radius 2 is 1.86 bits per heavy atom. The molecule has 0 saturated carbocycles. The zero-order valence-corrected chi connectivity index (χ0v) is 16.5. The Morgan fingerprint density at radius 1 is 1.07 bits per heavy atom. The van der Waals surface area contributed by atoms with E-state index in [9.17, 15) is 9.59 Å². The van der Waals surface area contributed by atoms with E-state index in [0.717, 1.165) is 43.4 Å².